The molecule has 2 heteroatoms. The van der Waals surface area contributed by atoms with Crippen molar-refractivity contribution >= 4 is 59.3 Å². The fourth-order valence-electron chi connectivity index (χ4n) is 8.14. The topological polar surface area (TPSA) is 3.24 Å². The Morgan fingerprint density at radius 2 is 0.946 bits per heavy atom. The molecule has 0 radical (unpaired) electrons. The molecule has 0 saturated carbocycles. The predicted octanol–water partition coefficient (Wildman–Crippen LogP) is 16.3. The number of thiophene rings is 1. The Morgan fingerprint density at radius 3 is 1.66 bits per heavy atom. The number of hydrogen-bond acceptors (Lipinski definition) is 2. The molecule has 9 rings (SSSR count). The SMILES string of the molecule is CC(C)(C)c1cc(-c2cccc3cccc(-c4ccccc4N(c4ccc(-c5ccccc5)cc4)c4cccc5sc6ccccc6c45)c23)cc(C(C)(C)C)c1. The van der Waals surface area contributed by atoms with Gasteiger partial charge in [0, 0.05) is 31.4 Å². The van der Waals surface area contributed by atoms with Crippen LogP contribution in [0.15, 0.2) is 176 Å². The summed E-state index contributed by atoms with van der Waals surface area (Å²) in [6.45, 7) is 13.9. The van der Waals surface area contributed by atoms with Gasteiger partial charge in [0.05, 0.1) is 11.4 Å². The van der Waals surface area contributed by atoms with Crippen molar-refractivity contribution < 1.29 is 0 Å². The molecule has 0 spiro atoms. The summed E-state index contributed by atoms with van der Waals surface area (Å²) in [5, 5.41) is 5.07. The van der Waals surface area contributed by atoms with Crippen LogP contribution in [0.4, 0.5) is 17.1 Å². The van der Waals surface area contributed by atoms with Crippen LogP contribution in [-0.2, 0) is 10.8 Å². The molecule has 0 aliphatic rings. The Kier molecular flexibility index (Phi) is 8.91. The molecule has 0 aliphatic heterocycles. The summed E-state index contributed by atoms with van der Waals surface area (Å²) in [7, 11) is 0. The number of anilines is 3. The van der Waals surface area contributed by atoms with Gasteiger partial charge < -0.3 is 4.90 Å². The fraction of sp³-hybridized carbons (Fsp3) is 0.148. The third-order valence-electron chi connectivity index (χ3n) is 11.2. The van der Waals surface area contributed by atoms with Crippen LogP contribution < -0.4 is 4.90 Å². The van der Waals surface area contributed by atoms with Crippen LogP contribution in [0.3, 0.4) is 0 Å². The molecule has 0 fully saturated rings. The molecule has 0 unspecified atom stereocenters. The highest BCUT2D eigenvalue weighted by Gasteiger charge is 2.25. The van der Waals surface area contributed by atoms with E-state index in [2.05, 4.69) is 222 Å². The van der Waals surface area contributed by atoms with E-state index in [-0.39, 0.29) is 10.8 Å². The van der Waals surface area contributed by atoms with Gasteiger partial charge in [-0.2, -0.15) is 0 Å². The second-order valence-corrected chi connectivity index (χ2v) is 18.1. The van der Waals surface area contributed by atoms with Gasteiger partial charge in [-0.25, -0.2) is 0 Å². The normalized spacial score (nSPS) is 12.1. The Hall–Kier alpha value is -5.96. The van der Waals surface area contributed by atoms with Crippen LogP contribution in [0, 0.1) is 0 Å². The van der Waals surface area contributed by atoms with Crippen LogP contribution in [0.25, 0.3) is 64.3 Å². The molecule has 0 bridgehead atoms. The number of hydrogen-bond donors (Lipinski definition) is 0. The summed E-state index contributed by atoms with van der Waals surface area (Å²) in [5.41, 5.74) is 13.5. The third kappa shape index (κ3) is 6.48. The van der Waals surface area contributed by atoms with Crippen molar-refractivity contribution in [3.63, 3.8) is 0 Å². The second kappa shape index (κ2) is 14.0. The highest BCUT2D eigenvalue weighted by molar-refractivity contribution is 7.26. The molecule has 9 aromatic rings. The lowest BCUT2D eigenvalue weighted by molar-refractivity contribution is 0.569. The number of nitrogens with zero attached hydrogens (tertiary/aromatic N) is 1. The first-order valence-electron chi connectivity index (χ1n) is 19.7. The van der Waals surface area contributed by atoms with Crippen LogP contribution in [0.5, 0.6) is 0 Å². The summed E-state index contributed by atoms with van der Waals surface area (Å²) in [5.74, 6) is 0. The van der Waals surface area contributed by atoms with Gasteiger partial charge in [0.25, 0.3) is 0 Å². The van der Waals surface area contributed by atoms with E-state index in [0.29, 0.717) is 0 Å². The van der Waals surface area contributed by atoms with Gasteiger partial charge in [0.15, 0.2) is 0 Å². The average Bonchev–Trinajstić information content (AvgIpc) is 3.60. The lowest BCUT2D eigenvalue weighted by Gasteiger charge is -2.29. The average molecular weight is 742 g/mol. The van der Waals surface area contributed by atoms with E-state index in [1.807, 2.05) is 11.3 Å². The van der Waals surface area contributed by atoms with Crippen molar-refractivity contribution in [1.29, 1.82) is 0 Å². The Bertz CT molecular complexity index is 2830. The zero-order chi connectivity index (χ0) is 38.6. The van der Waals surface area contributed by atoms with E-state index >= 15 is 0 Å². The Labute approximate surface area is 335 Å². The first-order valence-corrected chi connectivity index (χ1v) is 20.5. The van der Waals surface area contributed by atoms with E-state index < -0.39 is 0 Å². The van der Waals surface area contributed by atoms with Gasteiger partial charge in [0.2, 0.25) is 0 Å². The van der Waals surface area contributed by atoms with Gasteiger partial charge in [-0.05, 0) is 96.9 Å². The van der Waals surface area contributed by atoms with Gasteiger partial charge >= 0.3 is 0 Å². The van der Waals surface area contributed by atoms with Crippen LogP contribution in [0.2, 0.25) is 0 Å². The van der Waals surface area contributed by atoms with E-state index in [1.54, 1.807) is 0 Å². The zero-order valence-corrected chi connectivity index (χ0v) is 33.9. The van der Waals surface area contributed by atoms with Crippen LogP contribution in [-0.4, -0.2) is 0 Å². The highest BCUT2D eigenvalue weighted by Crippen LogP contribution is 2.49. The van der Waals surface area contributed by atoms with Crippen LogP contribution in [0.1, 0.15) is 52.7 Å². The highest BCUT2D eigenvalue weighted by atomic mass is 32.1. The van der Waals surface area contributed by atoms with Crippen molar-refractivity contribution in [1.82, 2.24) is 0 Å². The minimum absolute atomic E-state index is 0.0133. The molecule has 1 heterocycles. The molecular weight excluding hydrogens is 695 g/mol. The maximum atomic E-state index is 2.49. The number of para-hydroxylation sites is 1. The quantitative estimate of drug-likeness (QED) is 0.164. The second-order valence-electron chi connectivity index (χ2n) is 17.0. The largest absolute Gasteiger partial charge is 0.309 e. The maximum absolute atomic E-state index is 2.49. The standard InChI is InChI=1S/C54H47NS/c1-53(2,3)40-33-39(34-41(35-40)54(4,5)6)43-23-14-19-38-20-15-24-45(51(38)43)44-21-10-12-25-47(44)55(42-31-29-37(30-32-42)36-17-8-7-9-18-36)48-26-16-28-50-52(48)46-22-11-13-27-49(46)56-50/h7-35H,1-6H3. The summed E-state index contributed by atoms with van der Waals surface area (Å²) in [6, 6.07) is 65.2. The third-order valence-corrected chi connectivity index (χ3v) is 12.3. The van der Waals surface area contributed by atoms with Gasteiger partial charge in [-0.1, -0.05) is 181 Å². The molecule has 0 atom stereocenters. The van der Waals surface area contributed by atoms with Gasteiger partial charge in [-0.15, -0.1) is 11.3 Å². The molecule has 0 saturated heterocycles. The van der Waals surface area contributed by atoms with E-state index in [4.69, 9.17) is 0 Å². The van der Waals surface area contributed by atoms with Crippen molar-refractivity contribution in [2.45, 2.75) is 52.4 Å². The number of fused-ring (bicyclic) bond motifs is 4. The minimum atomic E-state index is 0.0133. The minimum Gasteiger partial charge on any atom is -0.309 e. The van der Waals surface area contributed by atoms with Crippen molar-refractivity contribution in [2.24, 2.45) is 0 Å². The predicted molar refractivity (Wildman–Crippen MR) is 245 cm³/mol. The van der Waals surface area contributed by atoms with Gasteiger partial charge in [-0.3, -0.25) is 0 Å². The number of benzene rings is 8. The number of rotatable bonds is 6. The summed E-state index contributed by atoms with van der Waals surface area (Å²) in [4.78, 5) is 2.49. The molecule has 0 N–H and O–H groups in total. The monoisotopic (exact) mass is 741 g/mol. The summed E-state index contributed by atoms with van der Waals surface area (Å²) >= 11 is 1.86. The Morgan fingerprint density at radius 1 is 0.393 bits per heavy atom. The lowest BCUT2D eigenvalue weighted by atomic mass is 9.78. The van der Waals surface area contributed by atoms with Gasteiger partial charge in [0.1, 0.15) is 0 Å². The van der Waals surface area contributed by atoms with Crippen molar-refractivity contribution in [2.75, 3.05) is 4.90 Å². The summed E-state index contributed by atoms with van der Waals surface area (Å²) in [6.07, 6.45) is 0. The van der Waals surface area contributed by atoms with Crippen molar-refractivity contribution in [3.8, 4) is 33.4 Å². The Balaban J connectivity index is 1.31. The van der Waals surface area contributed by atoms with Crippen LogP contribution >= 0.6 is 11.3 Å². The molecule has 1 aromatic heterocycles. The molecule has 0 aliphatic carbocycles. The molecule has 274 valence electrons. The van der Waals surface area contributed by atoms with E-state index in [9.17, 15) is 0 Å². The molecule has 8 aromatic carbocycles. The van der Waals surface area contributed by atoms with Crippen molar-refractivity contribution in [3.05, 3.63) is 187 Å². The van der Waals surface area contributed by atoms with E-state index in [1.165, 1.54) is 81.1 Å². The maximum Gasteiger partial charge on any atom is 0.0555 e. The molecule has 0 amide bonds. The zero-order valence-electron chi connectivity index (χ0n) is 33.1. The molecular formula is C54H47NS. The van der Waals surface area contributed by atoms with E-state index in [0.717, 1.165) is 11.4 Å². The molecule has 56 heavy (non-hydrogen) atoms. The summed E-state index contributed by atoms with van der Waals surface area (Å²) < 4.78 is 2.58. The smallest absolute Gasteiger partial charge is 0.0555 e. The molecule has 1 nitrogen and oxygen atoms in total. The fourth-order valence-corrected chi connectivity index (χ4v) is 9.26. The lowest BCUT2D eigenvalue weighted by Crippen LogP contribution is -2.16. The first-order chi connectivity index (χ1) is 27.0. The first kappa shape index (κ1) is 35.7.